The average Bonchev–Trinajstić information content (AvgIpc) is 3.44. The van der Waals surface area contributed by atoms with E-state index in [4.69, 9.17) is 18.9 Å². The lowest BCUT2D eigenvalue weighted by Crippen LogP contribution is -2.69. The van der Waals surface area contributed by atoms with E-state index in [1.807, 2.05) is 13.8 Å². The van der Waals surface area contributed by atoms with Gasteiger partial charge in [-0.3, -0.25) is 4.79 Å². The smallest absolute Gasteiger partial charge is 0.315 e. The summed E-state index contributed by atoms with van der Waals surface area (Å²) in [5.41, 5.74) is -5.84. The predicted molar refractivity (Wildman–Crippen MR) is 196 cm³/mol. The Morgan fingerprint density at radius 3 is 2.18 bits per heavy atom. The molecule has 20 atom stereocenters. The van der Waals surface area contributed by atoms with Crippen LogP contribution >= 0.6 is 0 Å². The van der Waals surface area contributed by atoms with Gasteiger partial charge in [-0.1, -0.05) is 46.3 Å². The van der Waals surface area contributed by atoms with Crippen LogP contribution in [0.1, 0.15) is 92.9 Å². The van der Waals surface area contributed by atoms with Gasteiger partial charge in [-0.25, -0.2) is 0 Å². The summed E-state index contributed by atoms with van der Waals surface area (Å²) >= 11 is 0. The summed E-state index contributed by atoms with van der Waals surface area (Å²) in [7, 11) is 0. The Balaban J connectivity index is 1.24. The van der Waals surface area contributed by atoms with Crippen molar-refractivity contribution in [2.45, 2.75) is 159 Å². The number of allylic oxidation sites excluding steroid dienone is 1. The lowest BCUT2D eigenvalue weighted by atomic mass is 9.33. The molecule has 0 aromatic carbocycles. The van der Waals surface area contributed by atoms with E-state index in [1.165, 1.54) is 0 Å². The lowest BCUT2D eigenvalue weighted by Gasteiger charge is -2.72. The minimum atomic E-state index is -2.06. The van der Waals surface area contributed by atoms with Crippen LogP contribution in [0.25, 0.3) is 0 Å². The van der Waals surface area contributed by atoms with Gasteiger partial charge in [-0.15, -0.1) is 0 Å². The third-order valence-corrected chi connectivity index (χ3v) is 17.5. The van der Waals surface area contributed by atoms with Gasteiger partial charge in [0.1, 0.15) is 30.0 Å². The van der Waals surface area contributed by atoms with E-state index in [0.29, 0.717) is 38.5 Å². The lowest BCUT2D eigenvalue weighted by molar-refractivity contribution is -0.332. The van der Waals surface area contributed by atoms with E-state index in [0.717, 1.165) is 18.4 Å². The number of esters is 1. The number of aliphatic hydroxyl groups excluding tert-OH is 8. The Bertz CT molecular complexity index is 1540. The summed E-state index contributed by atoms with van der Waals surface area (Å²) in [4.78, 5) is 15.0. The van der Waals surface area contributed by atoms with E-state index in [1.54, 1.807) is 6.92 Å². The van der Waals surface area contributed by atoms with Crippen LogP contribution in [0.3, 0.4) is 0 Å². The monoisotopic (exact) mass is 798 g/mol. The summed E-state index contributed by atoms with van der Waals surface area (Å²) in [5.74, 6) is -1.57. The van der Waals surface area contributed by atoms with Gasteiger partial charge >= 0.3 is 5.97 Å². The Kier molecular flexibility index (Phi) is 10.8. The van der Waals surface area contributed by atoms with Crippen molar-refractivity contribution < 1.29 is 74.8 Å². The maximum atomic E-state index is 15.0. The molecule has 15 heteroatoms. The number of carbonyl (C=O) groups is 1. The van der Waals surface area contributed by atoms with Crippen molar-refractivity contribution in [2.75, 3.05) is 26.4 Å². The fraction of sp³-hybridized carbons (Fsp3) is 0.927. The average molecular weight is 799 g/mol. The highest BCUT2D eigenvalue weighted by atomic mass is 16.8. The van der Waals surface area contributed by atoms with Gasteiger partial charge in [0.2, 0.25) is 6.29 Å². The predicted octanol–water partition coefficient (Wildman–Crippen LogP) is -0.129. The van der Waals surface area contributed by atoms with Crippen LogP contribution in [0.2, 0.25) is 0 Å². The molecule has 5 aliphatic carbocycles. The summed E-state index contributed by atoms with van der Waals surface area (Å²) in [6.45, 7) is 10.0. The molecule has 10 N–H and O–H groups in total. The first-order valence-electron chi connectivity index (χ1n) is 20.6. The highest BCUT2D eigenvalue weighted by molar-refractivity contribution is 5.79. The number of aliphatic hydroxyl groups is 10. The van der Waals surface area contributed by atoms with Crippen molar-refractivity contribution in [1.82, 2.24) is 0 Å². The van der Waals surface area contributed by atoms with Crippen LogP contribution in [0.4, 0.5) is 0 Å². The van der Waals surface area contributed by atoms with Gasteiger partial charge in [-0.05, 0) is 92.3 Å². The highest BCUT2D eigenvalue weighted by Crippen LogP contribution is 2.76. The SMILES string of the molecule is C[C@@H]1CC[C@]2(C(=O)O[C@@H]3O[C@H](CO)[C@@H](O)[C@H](O)[C@H]3O[C@@H]3OC[C@](O)(CO)[C@H]3O)CC[C@]3(C)C(=CCC4[C@@]5(C)C[C@@H](O)[C@H](O)[C@@](C)(CO)C5CC[C@]43C)[C@@H]2[C@]1(C)O. The first kappa shape index (κ1) is 42.8. The molecule has 15 nitrogen and oxygen atoms in total. The Hall–Kier alpha value is -1.31. The molecular formula is C41H66O15. The minimum Gasteiger partial charge on any atom is -0.432 e. The summed E-state index contributed by atoms with van der Waals surface area (Å²) in [5, 5.41) is 109. The van der Waals surface area contributed by atoms with Crippen LogP contribution in [-0.2, 0) is 23.7 Å². The molecule has 7 aliphatic rings. The fourth-order valence-electron chi connectivity index (χ4n) is 13.6. The van der Waals surface area contributed by atoms with E-state index in [9.17, 15) is 51.1 Å². The maximum absolute atomic E-state index is 15.0. The van der Waals surface area contributed by atoms with Crippen LogP contribution in [0, 0.1) is 50.7 Å². The molecule has 0 aromatic heterocycles. The topological polar surface area (TPSA) is 256 Å². The Labute approximate surface area is 328 Å². The molecule has 7 rings (SSSR count). The number of fused-ring (bicyclic) bond motifs is 7. The Morgan fingerprint density at radius 2 is 1.55 bits per heavy atom. The van der Waals surface area contributed by atoms with Crippen LogP contribution in [-0.4, -0.2) is 150 Å². The molecule has 2 heterocycles. The minimum absolute atomic E-state index is 0.0408. The zero-order valence-electron chi connectivity index (χ0n) is 33.6. The van der Waals surface area contributed by atoms with Gasteiger partial charge in [0.05, 0.1) is 49.7 Å². The molecule has 0 spiro atoms. The standard InChI is InChI=1S/C41H66O15/c1-20-9-12-40(34(50)56-32-28(27(47)26(46)23(16-42)54-32)55-33-31(49)41(52,18-44)19-53-33)14-13-37(4)21(29(40)39(20,6)51)7-8-25-35(2)15-22(45)30(48)36(3,17-43)24(35)10-11-38(25,37)5/h7,20,22-33,42-49,51-52H,8-19H2,1-6H3/t20-,22-,23-,24?,25?,26-,27+,28-,29-,30+,31+,32+,33+,35+,36+,37-,38-,39-,40+,41-/m1/s1. The number of hydrogen-bond donors (Lipinski definition) is 10. The number of hydrogen-bond acceptors (Lipinski definition) is 15. The molecular weight excluding hydrogens is 732 g/mol. The molecule has 2 aliphatic heterocycles. The van der Waals surface area contributed by atoms with Crippen molar-refractivity contribution in [2.24, 2.45) is 50.7 Å². The van der Waals surface area contributed by atoms with E-state index in [-0.39, 0.29) is 29.8 Å². The molecule has 320 valence electrons. The highest BCUT2D eigenvalue weighted by Gasteiger charge is 2.73. The van der Waals surface area contributed by atoms with E-state index < -0.39 is 120 Å². The molecule has 0 radical (unpaired) electrons. The van der Waals surface area contributed by atoms with Crippen LogP contribution in [0.15, 0.2) is 11.6 Å². The fourth-order valence-corrected chi connectivity index (χ4v) is 13.6. The third-order valence-electron chi connectivity index (χ3n) is 17.5. The molecule has 56 heavy (non-hydrogen) atoms. The van der Waals surface area contributed by atoms with E-state index in [2.05, 4.69) is 26.8 Å². The first-order valence-corrected chi connectivity index (χ1v) is 20.6. The molecule has 4 saturated carbocycles. The molecule has 2 unspecified atom stereocenters. The maximum Gasteiger partial charge on any atom is 0.315 e. The van der Waals surface area contributed by atoms with Gasteiger partial charge in [0.25, 0.3) is 0 Å². The third kappa shape index (κ3) is 5.73. The van der Waals surface area contributed by atoms with Crippen molar-refractivity contribution in [3.8, 4) is 0 Å². The van der Waals surface area contributed by atoms with Crippen LogP contribution in [0.5, 0.6) is 0 Å². The molecule has 0 aromatic rings. The van der Waals surface area contributed by atoms with Crippen molar-refractivity contribution in [3.63, 3.8) is 0 Å². The van der Waals surface area contributed by atoms with Gasteiger partial charge < -0.3 is 70.0 Å². The van der Waals surface area contributed by atoms with Crippen molar-refractivity contribution in [1.29, 1.82) is 0 Å². The summed E-state index contributed by atoms with van der Waals surface area (Å²) in [6, 6.07) is 0. The van der Waals surface area contributed by atoms with Gasteiger partial charge in [0.15, 0.2) is 12.4 Å². The first-order chi connectivity index (χ1) is 26.1. The van der Waals surface area contributed by atoms with Crippen molar-refractivity contribution in [3.05, 3.63) is 11.6 Å². The molecule has 2 saturated heterocycles. The zero-order valence-corrected chi connectivity index (χ0v) is 33.6. The molecule has 0 amide bonds. The quantitative estimate of drug-likeness (QED) is 0.119. The molecule has 0 bridgehead atoms. The number of ether oxygens (including phenoxy) is 4. The second-order valence-electron chi connectivity index (χ2n) is 20.0. The van der Waals surface area contributed by atoms with Gasteiger partial charge in [-0.2, -0.15) is 0 Å². The number of carbonyl (C=O) groups excluding carboxylic acids is 1. The second kappa shape index (κ2) is 14.1. The van der Waals surface area contributed by atoms with Crippen molar-refractivity contribution >= 4 is 5.97 Å². The Morgan fingerprint density at radius 1 is 0.857 bits per heavy atom. The summed E-state index contributed by atoms with van der Waals surface area (Å²) in [6.07, 6.45) is -7.12. The molecule has 6 fully saturated rings. The largest absolute Gasteiger partial charge is 0.432 e. The number of rotatable bonds is 7. The normalized spacial score (nSPS) is 56.9. The summed E-state index contributed by atoms with van der Waals surface area (Å²) < 4.78 is 23.3. The van der Waals surface area contributed by atoms with Crippen LogP contribution < -0.4 is 0 Å². The zero-order chi connectivity index (χ0) is 41.2. The van der Waals surface area contributed by atoms with Gasteiger partial charge in [0, 0.05) is 11.3 Å². The second-order valence-corrected chi connectivity index (χ2v) is 20.0. The van der Waals surface area contributed by atoms with E-state index >= 15 is 4.79 Å².